The molecule has 6 heteroatoms. The Balaban J connectivity index is 2.31. The lowest BCUT2D eigenvalue weighted by atomic mass is 10.1. The van der Waals surface area contributed by atoms with Gasteiger partial charge < -0.3 is 20.8 Å². The molecule has 4 N–H and O–H groups in total. The minimum Gasteiger partial charge on any atom is -0.388 e. The van der Waals surface area contributed by atoms with E-state index in [4.69, 9.17) is 5.73 Å². The van der Waals surface area contributed by atoms with Crippen LogP contribution in [0.5, 0.6) is 0 Å². The molecule has 106 valence electrons. The van der Waals surface area contributed by atoms with E-state index in [-0.39, 0.29) is 25.2 Å². The Hall–Kier alpha value is -1.94. The van der Waals surface area contributed by atoms with Crippen molar-refractivity contribution in [3.8, 4) is 11.8 Å². The van der Waals surface area contributed by atoms with Crippen molar-refractivity contribution in [2.45, 2.75) is 12.2 Å². The third-order valence-corrected chi connectivity index (χ3v) is 3.08. The minimum atomic E-state index is -0.980. The summed E-state index contributed by atoms with van der Waals surface area (Å²) in [4.78, 5) is 13.6. The van der Waals surface area contributed by atoms with Crippen LogP contribution in [0.3, 0.4) is 0 Å². The van der Waals surface area contributed by atoms with Crippen LogP contribution < -0.4 is 5.73 Å². The maximum absolute atomic E-state index is 13.3. The molecule has 20 heavy (non-hydrogen) atoms. The second-order valence-corrected chi connectivity index (χ2v) is 4.54. The summed E-state index contributed by atoms with van der Waals surface area (Å²) in [7, 11) is 0. The standard InChI is InChI=1S/C14H15FN2O3/c15-10-4-3-9(2-1-5-16)11(6-10)14(20)17-7-12(18)13(19)8-17/h3-4,6,12-13,18-19H,5,7-8,16H2. The lowest BCUT2D eigenvalue weighted by Gasteiger charge is -2.16. The van der Waals surface area contributed by atoms with Gasteiger partial charge in [-0.15, -0.1) is 0 Å². The Labute approximate surface area is 115 Å². The average Bonchev–Trinajstić information content (AvgIpc) is 2.76. The largest absolute Gasteiger partial charge is 0.388 e. The molecule has 1 fully saturated rings. The molecule has 1 heterocycles. The van der Waals surface area contributed by atoms with Gasteiger partial charge in [-0.25, -0.2) is 4.39 Å². The van der Waals surface area contributed by atoms with E-state index in [0.717, 1.165) is 6.07 Å². The van der Waals surface area contributed by atoms with Crippen LogP contribution in [0.15, 0.2) is 18.2 Å². The van der Waals surface area contributed by atoms with Crippen molar-refractivity contribution < 1.29 is 19.4 Å². The van der Waals surface area contributed by atoms with Crippen LogP contribution in [-0.2, 0) is 0 Å². The van der Waals surface area contributed by atoms with E-state index in [1.807, 2.05) is 0 Å². The van der Waals surface area contributed by atoms with Crippen LogP contribution in [0.25, 0.3) is 0 Å². The normalized spacial score (nSPS) is 21.5. The Morgan fingerprint density at radius 1 is 1.40 bits per heavy atom. The highest BCUT2D eigenvalue weighted by atomic mass is 19.1. The van der Waals surface area contributed by atoms with E-state index in [1.165, 1.54) is 17.0 Å². The zero-order chi connectivity index (χ0) is 14.7. The van der Waals surface area contributed by atoms with Gasteiger partial charge in [-0.3, -0.25) is 4.79 Å². The van der Waals surface area contributed by atoms with E-state index in [0.29, 0.717) is 5.56 Å². The number of nitrogens with zero attached hydrogens (tertiary/aromatic N) is 1. The van der Waals surface area contributed by atoms with Gasteiger partial charge >= 0.3 is 0 Å². The van der Waals surface area contributed by atoms with Gasteiger partial charge in [0.2, 0.25) is 0 Å². The smallest absolute Gasteiger partial charge is 0.255 e. The van der Waals surface area contributed by atoms with Gasteiger partial charge in [0.15, 0.2) is 0 Å². The molecule has 0 spiro atoms. The van der Waals surface area contributed by atoms with Crippen molar-refractivity contribution in [3.05, 3.63) is 35.1 Å². The number of rotatable bonds is 1. The molecule has 0 saturated carbocycles. The number of aliphatic hydroxyl groups is 2. The molecule has 0 aromatic heterocycles. The number of carbonyl (C=O) groups excluding carboxylic acids is 1. The number of benzene rings is 1. The summed E-state index contributed by atoms with van der Waals surface area (Å²) in [5, 5.41) is 18.9. The Bertz CT molecular complexity index is 570. The molecule has 2 rings (SSSR count). The van der Waals surface area contributed by atoms with Crippen molar-refractivity contribution in [1.29, 1.82) is 0 Å². The van der Waals surface area contributed by atoms with E-state index in [2.05, 4.69) is 11.8 Å². The molecule has 2 atom stereocenters. The van der Waals surface area contributed by atoms with Crippen LogP contribution >= 0.6 is 0 Å². The van der Waals surface area contributed by atoms with E-state index >= 15 is 0 Å². The predicted molar refractivity (Wildman–Crippen MR) is 70.2 cm³/mol. The van der Waals surface area contributed by atoms with Crippen LogP contribution in [0.1, 0.15) is 15.9 Å². The van der Waals surface area contributed by atoms with Crippen LogP contribution in [0, 0.1) is 17.7 Å². The summed E-state index contributed by atoms with van der Waals surface area (Å²) < 4.78 is 13.3. The number of amides is 1. The molecule has 1 aromatic carbocycles. The summed E-state index contributed by atoms with van der Waals surface area (Å²) >= 11 is 0. The van der Waals surface area contributed by atoms with Crippen molar-refractivity contribution in [2.24, 2.45) is 5.73 Å². The number of halogens is 1. The third-order valence-electron chi connectivity index (χ3n) is 3.08. The average molecular weight is 278 g/mol. The van der Waals surface area contributed by atoms with Crippen molar-refractivity contribution >= 4 is 5.91 Å². The number of aliphatic hydroxyl groups excluding tert-OH is 2. The fraction of sp³-hybridized carbons (Fsp3) is 0.357. The summed E-state index contributed by atoms with van der Waals surface area (Å²) in [6.45, 7) is 0.159. The Kier molecular flexibility index (Phi) is 4.35. The lowest BCUT2D eigenvalue weighted by Crippen LogP contribution is -2.30. The number of hydrogen-bond acceptors (Lipinski definition) is 4. The highest BCUT2D eigenvalue weighted by molar-refractivity contribution is 5.97. The van der Waals surface area contributed by atoms with Crippen molar-refractivity contribution in [1.82, 2.24) is 4.90 Å². The van der Waals surface area contributed by atoms with Crippen LogP contribution in [-0.4, -0.2) is 52.9 Å². The monoisotopic (exact) mass is 278 g/mol. The molecule has 1 saturated heterocycles. The molecule has 0 radical (unpaired) electrons. The van der Waals surface area contributed by atoms with E-state index < -0.39 is 23.9 Å². The first kappa shape index (κ1) is 14.5. The summed E-state index contributed by atoms with van der Waals surface area (Å²) in [5.41, 5.74) is 5.76. The first-order valence-electron chi connectivity index (χ1n) is 6.17. The van der Waals surface area contributed by atoms with Gasteiger partial charge in [0.05, 0.1) is 24.3 Å². The summed E-state index contributed by atoms with van der Waals surface area (Å²) in [5.74, 6) is 4.31. The lowest BCUT2D eigenvalue weighted by molar-refractivity contribution is 0.0572. The van der Waals surface area contributed by atoms with Gasteiger partial charge in [-0.1, -0.05) is 11.8 Å². The zero-order valence-electron chi connectivity index (χ0n) is 10.7. The minimum absolute atomic E-state index is 0.0142. The SMILES string of the molecule is NCC#Cc1ccc(F)cc1C(=O)N1CC(O)C(O)C1. The maximum atomic E-state index is 13.3. The quantitative estimate of drug-likeness (QED) is 0.594. The molecule has 1 amide bonds. The van der Waals surface area contributed by atoms with Crippen molar-refractivity contribution in [3.63, 3.8) is 0 Å². The van der Waals surface area contributed by atoms with Crippen LogP contribution in [0.4, 0.5) is 4.39 Å². The number of nitrogens with two attached hydrogens (primary N) is 1. The number of hydrogen-bond donors (Lipinski definition) is 3. The van der Waals surface area contributed by atoms with E-state index in [1.54, 1.807) is 0 Å². The molecule has 5 nitrogen and oxygen atoms in total. The second kappa shape index (κ2) is 6.01. The highest BCUT2D eigenvalue weighted by Crippen LogP contribution is 2.18. The predicted octanol–water partition coefficient (Wildman–Crippen LogP) is -0.687. The van der Waals surface area contributed by atoms with Gasteiger partial charge in [-0.05, 0) is 18.2 Å². The second-order valence-electron chi connectivity index (χ2n) is 4.54. The van der Waals surface area contributed by atoms with E-state index in [9.17, 15) is 19.4 Å². The highest BCUT2D eigenvalue weighted by Gasteiger charge is 2.33. The third kappa shape index (κ3) is 2.96. The Morgan fingerprint density at radius 2 is 2.05 bits per heavy atom. The Morgan fingerprint density at radius 3 is 2.65 bits per heavy atom. The molecule has 1 aliphatic rings. The molecule has 0 bridgehead atoms. The maximum Gasteiger partial charge on any atom is 0.255 e. The summed E-state index contributed by atoms with van der Waals surface area (Å²) in [6.07, 6.45) is -1.96. The molecular weight excluding hydrogens is 263 g/mol. The van der Waals surface area contributed by atoms with Gasteiger partial charge in [0.1, 0.15) is 5.82 Å². The molecule has 1 aliphatic heterocycles. The fourth-order valence-corrected chi connectivity index (χ4v) is 2.05. The molecule has 1 aromatic rings. The molecular formula is C14H15FN2O3. The fourth-order valence-electron chi connectivity index (χ4n) is 2.05. The first-order valence-corrected chi connectivity index (χ1v) is 6.17. The number of likely N-dealkylation sites (tertiary alicyclic amines) is 1. The summed E-state index contributed by atoms with van der Waals surface area (Å²) in [6, 6.07) is 3.72. The first-order chi connectivity index (χ1) is 9.52. The van der Waals surface area contributed by atoms with Gasteiger partial charge in [0, 0.05) is 18.7 Å². The molecule has 2 unspecified atom stereocenters. The van der Waals surface area contributed by atoms with Crippen molar-refractivity contribution in [2.75, 3.05) is 19.6 Å². The van der Waals surface area contributed by atoms with Gasteiger partial charge in [0.25, 0.3) is 5.91 Å². The topological polar surface area (TPSA) is 86.8 Å². The van der Waals surface area contributed by atoms with Crippen LogP contribution in [0.2, 0.25) is 0 Å². The zero-order valence-corrected chi connectivity index (χ0v) is 10.7. The number of carbonyl (C=O) groups is 1. The van der Waals surface area contributed by atoms with Gasteiger partial charge in [-0.2, -0.15) is 0 Å². The number of β-amino-alcohol motifs (C(OH)–C–C–N with tert-alkyl or cyclic N) is 2. The molecule has 0 aliphatic carbocycles.